The highest BCUT2D eigenvalue weighted by molar-refractivity contribution is 9.10. The largest absolute Gasteiger partial charge is 1.00 e. The maximum absolute atomic E-state index is 11.2. The standard InChI is InChI=1S/2C16H19NO2.C10H9BrO2.C6H11N.2ClH/c2*1-19-16(18)9-7-13-4-2-3-5-15(13)17-11-12-6-8-14(17)10-12;1-13-10(12)7-6-8-4-2-3-5-9(8)11;1-2-6-3-5(1)4-7-6;;/h2*2-5,7,9,12,14H,6,8,10-11H2,1H3;2-7H,1H3;5-7H,1-4H2;2*1H/p-1/b2*9-7+;7-6+;;;. The lowest BCUT2D eigenvalue weighted by Crippen LogP contribution is -3.00. The van der Waals surface area contributed by atoms with Gasteiger partial charge in [0.2, 0.25) is 0 Å². The molecule has 3 heterocycles. The third kappa shape index (κ3) is 13.5. The molecule has 0 aromatic heterocycles. The number of fused-ring (bicyclic) bond motifs is 6. The number of carbonyl (C=O) groups excluding carboxylic acids is 3. The van der Waals surface area contributed by atoms with Crippen LogP contribution >= 0.6 is 28.3 Å². The average Bonchev–Trinajstić information content (AvgIpc) is 4.16. The van der Waals surface area contributed by atoms with Crippen LogP contribution in [0.1, 0.15) is 74.5 Å². The van der Waals surface area contributed by atoms with Crippen LogP contribution in [0.25, 0.3) is 18.2 Å². The van der Waals surface area contributed by atoms with Crippen LogP contribution in [0.4, 0.5) is 11.4 Å². The van der Waals surface area contributed by atoms with E-state index in [9.17, 15) is 14.4 Å². The highest BCUT2D eigenvalue weighted by atomic mass is 79.9. The SMILES string of the molecule is C1CC2CC1CN2.COC(=O)/C=C/c1ccccc1Br.COC(=O)/C=C/c1ccccc1N1CC2CCC1C2.COC(=O)/C=C/c1ccccc1N1CC2CCC1C2.Cl.[Cl-]. The number of ether oxygens (including phenoxy) is 3. The fourth-order valence-electron chi connectivity index (χ4n) is 9.29. The molecule has 6 aliphatic rings. The van der Waals surface area contributed by atoms with E-state index in [0.29, 0.717) is 12.1 Å². The van der Waals surface area contributed by atoms with Crippen LogP contribution in [0.2, 0.25) is 0 Å². The van der Waals surface area contributed by atoms with Crippen LogP contribution in [0.5, 0.6) is 0 Å². The van der Waals surface area contributed by atoms with Gasteiger partial charge >= 0.3 is 17.9 Å². The van der Waals surface area contributed by atoms with Crippen molar-refractivity contribution in [2.45, 2.75) is 75.9 Å². The van der Waals surface area contributed by atoms with Gasteiger partial charge in [-0.2, -0.15) is 0 Å². The minimum absolute atomic E-state index is 0. The summed E-state index contributed by atoms with van der Waals surface area (Å²) in [6.45, 7) is 3.63. The van der Waals surface area contributed by atoms with E-state index in [1.807, 2.05) is 48.6 Å². The summed E-state index contributed by atoms with van der Waals surface area (Å²) in [4.78, 5) is 38.2. The molecule has 3 aliphatic carbocycles. The van der Waals surface area contributed by atoms with Gasteiger partial charge < -0.3 is 41.7 Å². The highest BCUT2D eigenvalue weighted by Gasteiger charge is 2.39. The van der Waals surface area contributed by atoms with Crippen molar-refractivity contribution in [3.63, 3.8) is 0 Å². The Kier molecular flexibility index (Phi) is 19.7. The predicted octanol–water partition coefficient (Wildman–Crippen LogP) is 6.54. The quantitative estimate of drug-likeness (QED) is 0.154. The van der Waals surface area contributed by atoms with Crippen molar-refractivity contribution < 1.29 is 41.0 Å². The van der Waals surface area contributed by atoms with Gasteiger partial charge in [-0.25, -0.2) is 14.4 Å². The number of nitrogens with one attached hydrogen (secondary N) is 1. The number of para-hydroxylation sites is 2. The fraction of sp³-hybridized carbons (Fsp3) is 0.438. The third-order valence-electron chi connectivity index (χ3n) is 12.3. The van der Waals surface area contributed by atoms with Crippen molar-refractivity contribution in [3.8, 4) is 0 Å². The van der Waals surface area contributed by atoms with Gasteiger partial charge in [-0.15, -0.1) is 12.4 Å². The number of methoxy groups -OCH3 is 3. The summed E-state index contributed by atoms with van der Waals surface area (Å²) in [5.41, 5.74) is 5.64. The van der Waals surface area contributed by atoms with E-state index in [1.165, 1.54) is 115 Å². The lowest BCUT2D eigenvalue weighted by atomic mass is 10.1. The molecule has 12 heteroatoms. The first kappa shape index (κ1) is 48.6. The summed E-state index contributed by atoms with van der Waals surface area (Å²) in [5.74, 6) is 1.82. The topological polar surface area (TPSA) is 97.4 Å². The summed E-state index contributed by atoms with van der Waals surface area (Å²) < 4.78 is 14.7. The van der Waals surface area contributed by atoms with Crippen LogP contribution in [-0.2, 0) is 28.6 Å². The predicted molar refractivity (Wildman–Crippen MR) is 244 cm³/mol. The summed E-state index contributed by atoms with van der Waals surface area (Å²) in [6.07, 6.45) is 22.2. The van der Waals surface area contributed by atoms with Gasteiger partial charge in [0, 0.05) is 65.3 Å². The van der Waals surface area contributed by atoms with Gasteiger partial charge in [0.1, 0.15) is 0 Å². The molecule has 6 fully saturated rings. The second-order valence-electron chi connectivity index (χ2n) is 16.0. The van der Waals surface area contributed by atoms with Crippen LogP contribution in [-0.4, -0.2) is 77.0 Å². The number of rotatable bonds is 8. The molecule has 6 atom stereocenters. The Bertz CT molecular complexity index is 1850. The summed E-state index contributed by atoms with van der Waals surface area (Å²) in [7, 11) is 4.16. The number of piperidine rings is 3. The minimum atomic E-state index is -0.351. The molecule has 324 valence electrons. The van der Waals surface area contributed by atoms with E-state index >= 15 is 0 Å². The lowest BCUT2D eigenvalue weighted by Gasteiger charge is -2.30. The minimum Gasteiger partial charge on any atom is -1.00 e. The zero-order chi connectivity index (χ0) is 40.9. The Labute approximate surface area is 376 Å². The maximum atomic E-state index is 11.2. The van der Waals surface area contributed by atoms with E-state index in [-0.39, 0.29) is 42.7 Å². The molecular weight excluding hydrogens is 865 g/mol. The third-order valence-corrected chi connectivity index (χ3v) is 13.0. The molecule has 60 heavy (non-hydrogen) atoms. The van der Waals surface area contributed by atoms with Crippen LogP contribution in [0.3, 0.4) is 0 Å². The molecule has 3 saturated heterocycles. The first-order valence-corrected chi connectivity index (χ1v) is 21.5. The molecule has 3 aromatic rings. The molecule has 6 bridgehead atoms. The first-order valence-electron chi connectivity index (χ1n) is 20.7. The second kappa shape index (κ2) is 24.4. The van der Waals surface area contributed by atoms with E-state index in [2.05, 4.69) is 81.7 Å². The Morgan fingerprint density at radius 2 is 1.00 bits per heavy atom. The smallest absolute Gasteiger partial charge is 0.330 e. The van der Waals surface area contributed by atoms with Crippen molar-refractivity contribution in [2.75, 3.05) is 50.8 Å². The molecule has 6 unspecified atom stereocenters. The van der Waals surface area contributed by atoms with Crippen LogP contribution < -0.4 is 27.5 Å². The molecule has 0 spiro atoms. The van der Waals surface area contributed by atoms with Crippen LogP contribution in [0, 0.1) is 17.8 Å². The van der Waals surface area contributed by atoms with Crippen molar-refractivity contribution in [1.29, 1.82) is 0 Å². The van der Waals surface area contributed by atoms with Gasteiger partial charge in [-0.05, 0) is 135 Å². The summed E-state index contributed by atoms with van der Waals surface area (Å²) in [6, 6.07) is 26.5. The normalized spacial score (nSPS) is 23.8. The highest BCUT2D eigenvalue weighted by Crippen LogP contribution is 2.42. The van der Waals surface area contributed by atoms with Gasteiger partial charge in [-0.3, -0.25) is 0 Å². The molecule has 0 radical (unpaired) electrons. The molecule has 3 aliphatic heterocycles. The number of halogens is 3. The number of esters is 3. The van der Waals surface area contributed by atoms with E-state index < -0.39 is 0 Å². The molecule has 3 saturated carbocycles. The first-order chi connectivity index (χ1) is 28.2. The van der Waals surface area contributed by atoms with E-state index in [1.54, 1.807) is 6.08 Å². The van der Waals surface area contributed by atoms with Gasteiger partial charge in [0.15, 0.2) is 0 Å². The monoisotopic (exact) mass is 922 g/mol. The van der Waals surface area contributed by atoms with Crippen molar-refractivity contribution >= 4 is 75.8 Å². The molecule has 9 rings (SSSR count). The van der Waals surface area contributed by atoms with Gasteiger partial charge in [-0.1, -0.05) is 70.5 Å². The van der Waals surface area contributed by atoms with Crippen molar-refractivity contribution in [3.05, 3.63) is 112 Å². The zero-order valence-electron chi connectivity index (χ0n) is 34.8. The molecule has 1 N–H and O–H groups in total. The molecule has 9 nitrogen and oxygen atoms in total. The van der Waals surface area contributed by atoms with Gasteiger partial charge in [0.25, 0.3) is 0 Å². The molecular formula is C48H59BrCl2N3O6-. The number of hydrogen-bond acceptors (Lipinski definition) is 9. The second-order valence-corrected chi connectivity index (χ2v) is 16.8. The number of carbonyl (C=O) groups is 3. The number of hydrogen-bond donors (Lipinski definition) is 1. The van der Waals surface area contributed by atoms with Gasteiger partial charge in [0.05, 0.1) is 21.3 Å². The fourth-order valence-corrected chi connectivity index (χ4v) is 9.70. The zero-order valence-corrected chi connectivity index (χ0v) is 38.0. The van der Waals surface area contributed by atoms with Crippen molar-refractivity contribution in [2.24, 2.45) is 17.8 Å². The van der Waals surface area contributed by atoms with E-state index in [0.717, 1.165) is 58.0 Å². The Hall–Kier alpha value is -4.09. The summed E-state index contributed by atoms with van der Waals surface area (Å²) >= 11 is 3.36. The van der Waals surface area contributed by atoms with Crippen LogP contribution in [0.15, 0.2) is 95.5 Å². The Morgan fingerprint density at radius 1 is 0.583 bits per heavy atom. The Balaban J connectivity index is 0.000000183. The average molecular weight is 925 g/mol. The number of nitrogens with zero attached hydrogens (tertiary/aromatic N) is 2. The van der Waals surface area contributed by atoms with E-state index in [4.69, 9.17) is 0 Å². The molecule has 0 amide bonds. The Morgan fingerprint density at radius 3 is 1.32 bits per heavy atom. The summed E-state index contributed by atoms with van der Waals surface area (Å²) in [5, 5.41) is 3.46. The number of benzene rings is 3. The number of anilines is 2. The lowest BCUT2D eigenvalue weighted by molar-refractivity contribution is -0.135. The maximum Gasteiger partial charge on any atom is 0.330 e. The van der Waals surface area contributed by atoms with Crippen molar-refractivity contribution in [1.82, 2.24) is 5.32 Å². The molecule has 3 aromatic carbocycles.